The van der Waals surface area contributed by atoms with Crippen molar-refractivity contribution in [2.45, 2.75) is 38.6 Å². The Labute approximate surface area is 160 Å². The maximum absolute atomic E-state index is 5.34. The molecule has 0 saturated heterocycles. The molecule has 1 aliphatic rings. The van der Waals surface area contributed by atoms with Crippen LogP contribution in [0.25, 0.3) is 21.3 Å². The highest BCUT2D eigenvalue weighted by Crippen LogP contribution is 2.39. The smallest absolute Gasteiger partial charge is 0.229 e. The lowest BCUT2D eigenvalue weighted by Gasteiger charge is -2.04. The standard InChI is InChI=1S/C20H19N5OS/c1-13-4-2-3-5-15(13)20-22-12-16(27-20)18-21-9-11-25(18)10-8-17-23-19(26-24-17)14-6-7-14/h2-5,9,11-12,14H,6-8,10H2,1H3. The Hall–Kier alpha value is -2.80. The van der Waals surface area contributed by atoms with Gasteiger partial charge in [-0.05, 0) is 25.3 Å². The monoisotopic (exact) mass is 377 g/mol. The lowest BCUT2D eigenvalue weighted by molar-refractivity contribution is 0.373. The molecule has 7 heteroatoms. The van der Waals surface area contributed by atoms with E-state index in [-0.39, 0.29) is 0 Å². The Kier molecular flexibility index (Phi) is 4.09. The summed E-state index contributed by atoms with van der Waals surface area (Å²) in [4.78, 5) is 14.7. The van der Waals surface area contributed by atoms with Gasteiger partial charge in [-0.1, -0.05) is 29.4 Å². The highest BCUT2D eigenvalue weighted by molar-refractivity contribution is 7.18. The normalized spacial score (nSPS) is 14.0. The number of thiazole rings is 1. The van der Waals surface area contributed by atoms with E-state index in [1.807, 2.05) is 30.7 Å². The summed E-state index contributed by atoms with van der Waals surface area (Å²) in [7, 11) is 0. The SMILES string of the molecule is Cc1ccccc1-c1ncc(-c2nccn2CCc2noc(C3CC3)n2)s1. The maximum Gasteiger partial charge on any atom is 0.229 e. The summed E-state index contributed by atoms with van der Waals surface area (Å²) in [6.45, 7) is 2.87. The minimum absolute atomic E-state index is 0.493. The Morgan fingerprint density at radius 1 is 1.22 bits per heavy atom. The molecule has 0 amide bonds. The van der Waals surface area contributed by atoms with Crippen molar-refractivity contribution in [3.8, 4) is 21.3 Å². The molecule has 0 atom stereocenters. The van der Waals surface area contributed by atoms with Crippen LogP contribution >= 0.6 is 11.3 Å². The van der Waals surface area contributed by atoms with Gasteiger partial charge in [0.2, 0.25) is 5.89 Å². The summed E-state index contributed by atoms with van der Waals surface area (Å²) in [6.07, 6.45) is 8.79. The van der Waals surface area contributed by atoms with Gasteiger partial charge in [0.1, 0.15) is 5.01 Å². The highest BCUT2D eigenvalue weighted by Gasteiger charge is 2.29. The van der Waals surface area contributed by atoms with Gasteiger partial charge in [-0.15, -0.1) is 11.3 Å². The predicted octanol–water partition coefficient (Wildman–Crippen LogP) is 4.49. The topological polar surface area (TPSA) is 69.6 Å². The van der Waals surface area contributed by atoms with Crippen molar-refractivity contribution in [1.29, 1.82) is 0 Å². The Morgan fingerprint density at radius 2 is 2.11 bits per heavy atom. The van der Waals surface area contributed by atoms with Crippen LogP contribution < -0.4 is 0 Å². The first-order valence-electron chi connectivity index (χ1n) is 9.14. The molecule has 1 aliphatic carbocycles. The van der Waals surface area contributed by atoms with E-state index in [1.165, 1.54) is 24.0 Å². The van der Waals surface area contributed by atoms with Crippen molar-refractivity contribution >= 4 is 11.3 Å². The lowest BCUT2D eigenvalue weighted by Crippen LogP contribution is -2.03. The molecule has 0 unspecified atom stereocenters. The van der Waals surface area contributed by atoms with Crippen molar-refractivity contribution in [2.75, 3.05) is 0 Å². The zero-order valence-electron chi connectivity index (χ0n) is 15.0. The molecule has 1 aromatic carbocycles. The van der Waals surface area contributed by atoms with Gasteiger partial charge in [0.15, 0.2) is 11.6 Å². The van der Waals surface area contributed by atoms with Gasteiger partial charge in [0.25, 0.3) is 0 Å². The molecule has 6 nitrogen and oxygen atoms in total. The van der Waals surface area contributed by atoms with Gasteiger partial charge in [-0.3, -0.25) is 0 Å². The second kappa shape index (κ2) is 6.74. The van der Waals surface area contributed by atoms with E-state index in [0.717, 1.165) is 40.4 Å². The fraction of sp³-hybridized carbons (Fsp3) is 0.300. The first-order chi connectivity index (χ1) is 13.3. The van der Waals surface area contributed by atoms with E-state index in [9.17, 15) is 0 Å². The number of benzene rings is 1. The third-order valence-corrected chi connectivity index (χ3v) is 5.83. The summed E-state index contributed by atoms with van der Waals surface area (Å²) in [6, 6.07) is 8.31. The summed E-state index contributed by atoms with van der Waals surface area (Å²) in [5, 5.41) is 5.12. The number of hydrogen-bond donors (Lipinski definition) is 0. The predicted molar refractivity (Wildman–Crippen MR) is 103 cm³/mol. The number of imidazole rings is 1. The van der Waals surface area contributed by atoms with E-state index in [1.54, 1.807) is 11.3 Å². The molecule has 0 spiro atoms. The fourth-order valence-corrected chi connectivity index (χ4v) is 4.13. The molecular weight excluding hydrogens is 358 g/mol. The summed E-state index contributed by atoms with van der Waals surface area (Å²) >= 11 is 1.67. The van der Waals surface area contributed by atoms with Gasteiger partial charge >= 0.3 is 0 Å². The molecule has 0 N–H and O–H groups in total. The molecule has 27 heavy (non-hydrogen) atoms. The van der Waals surface area contributed by atoms with Crippen LogP contribution in [0.1, 0.15) is 36.0 Å². The van der Waals surface area contributed by atoms with E-state index < -0.39 is 0 Å². The molecule has 1 fully saturated rings. The van der Waals surface area contributed by atoms with Crippen LogP contribution in [0.15, 0.2) is 47.4 Å². The minimum atomic E-state index is 0.493. The van der Waals surface area contributed by atoms with Crippen LogP contribution in [0.4, 0.5) is 0 Å². The third kappa shape index (κ3) is 3.30. The summed E-state index contributed by atoms with van der Waals surface area (Å²) < 4.78 is 7.47. The maximum atomic E-state index is 5.34. The number of nitrogens with zero attached hydrogens (tertiary/aromatic N) is 5. The molecule has 3 aromatic heterocycles. The second-order valence-corrected chi connectivity index (χ2v) is 7.89. The number of rotatable bonds is 6. The molecule has 136 valence electrons. The van der Waals surface area contributed by atoms with Crippen molar-refractivity contribution in [3.63, 3.8) is 0 Å². The van der Waals surface area contributed by atoms with Crippen molar-refractivity contribution in [1.82, 2.24) is 24.7 Å². The Balaban J connectivity index is 1.34. The van der Waals surface area contributed by atoms with Crippen LogP contribution in [-0.4, -0.2) is 24.7 Å². The average molecular weight is 377 g/mol. The molecule has 0 bridgehead atoms. The quantitative estimate of drug-likeness (QED) is 0.495. The van der Waals surface area contributed by atoms with E-state index in [0.29, 0.717) is 5.92 Å². The number of aryl methyl sites for hydroxylation is 3. The van der Waals surface area contributed by atoms with E-state index in [4.69, 9.17) is 4.52 Å². The van der Waals surface area contributed by atoms with Crippen LogP contribution in [0.3, 0.4) is 0 Å². The van der Waals surface area contributed by atoms with Crippen LogP contribution in [-0.2, 0) is 13.0 Å². The van der Waals surface area contributed by atoms with E-state index in [2.05, 4.69) is 43.7 Å². The first kappa shape index (κ1) is 16.4. The van der Waals surface area contributed by atoms with Gasteiger partial charge < -0.3 is 9.09 Å². The number of hydrogen-bond acceptors (Lipinski definition) is 6. The van der Waals surface area contributed by atoms with Crippen molar-refractivity contribution < 1.29 is 4.52 Å². The second-order valence-electron chi connectivity index (χ2n) is 6.86. The highest BCUT2D eigenvalue weighted by atomic mass is 32.1. The van der Waals surface area contributed by atoms with Gasteiger partial charge in [-0.2, -0.15) is 4.98 Å². The van der Waals surface area contributed by atoms with Gasteiger partial charge in [0.05, 0.1) is 4.88 Å². The minimum Gasteiger partial charge on any atom is -0.339 e. The first-order valence-corrected chi connectivity index (χ1v) is 9.95. The van der Waals surface area contributed by atoms with Crippen LogP contribution in [0.2, 0.25) is 0 Å². The lowest BCUT2D eigenvalue weighted by atomic mass is 10.1. The molecule has 4 aromatic rings. The van der Waals surface area contributed by atoms with E-state index >= 15 is 0 Å². The Bertz CT molecular complexity index is 1080. The summed E-state index contributed by atoms with van der Waals surface area (Å²) in [5.74, 6) is 2.98. The van der Waals surface area contributed by atoms with Crippen LogP contribution in [0, 0.1) is 6.92 Å². The number of aromatic nitrogens is 5. The zero-order valence-corrected chi connectivity index (χ0v) is 15.8. The molecule has 0 radical (unpaired) electrons. The van der Waals surface area contributed by atoms with Crippen molar-refractivity contribution in [3.05, 3.63) is 60.1 Å². The molecule has 1 saturated carbocycles. The van der Waals surface area contributed by atoms with Gasteiger partial charge in [0, 0.05) is 43.0 Å². The molecular formula is C20H19N5OS. The average Bonchev–Trinajstić information content (AvgIpc) is 3.10. The van der Waals surface area contributed by atoms with Gasteiger partial charge in [-0.25, -0.2) is 9.97 Å². The van der Waals surface area contributed by atoms with Crippen LogP contribution in [0.5, 0.6) is 0 Å². The molecule has 0 aliphatic heterocycles. The summed E-state index contributed by atoms with van der Waals surface area (Å²) in [5.41, 5.74) is 2.40. The third-order valence-electron chi connectivity index (χ3n) is 4.80. The molecule has 5 rings (SSSR count). The largest absolute Gasteiger partial charge is 0.339 e. The fourth-order valence-electron chi connectivity index (χ4n) is 3.12. The molecule has 3 heterocycles. The Morgan fingerprint density at radius 3 is 2.96 bits per heavy atom. The zero-order chi connectivity index (χ0) is 18.2. The van der Waals surface area contributed by atoms with Crippen molar-refractivity contribution in [2.24, 2.45) is 0 Å².